The van der Waals surface area contributed by atoms with Gasteiger partial charge in [-0.2, -0.15) is 0 Å². The monoisotopic (exact) mass is 327 g/mol. The Morgan fingerprint density at radius 2 is 1.92 bits per heavy atom. The van der Waals surface area contributed by atoms with E-state index in [4.69, 9.17) is 0 Å². The number of amides is 2. The van der Waals surface area contributed by atoms with E-state index in [1.54, 1.807) is 42.6 Å². The van der Waals surface area contributed by atoms with E-state index < -0.39 is 12.0 Å². The Labute approximate surface area is 137 Å². The number of imide groups is 1. The van der Waals surface area contributed by atoms with Gasteiger partial charge in [-0.05, 0) is 42.8 Å². The summed E-state index contributed by atoms with van der Waals surface area (Å²) in [6.45, 7) is 1.16. The van der Waals surface area contributed by atoms with E-state index in [1.165, 1.54) is 0 Å². The molecule has 3 N–H and O–H groups in total. The number of aromatic nitrogens is 1. The van der Waals surface area contributed by atoms with E-state index in [-0.39, 0.29) is 17.2 Å². The largest absolute Gasteiger partial charge is 0.465 e. The van der Waals surface area contributed by atoms with Gasteiger partial charge >= 0.3 is 6.09 Å². The fraction of sp³-hybridized carbons (Fsp3) is 0.235. The highest BCUT2D eigenvalue weighted by Crippen LogP contribution is 2.18. The molecule has 7 nitrogen and oxygen atoms in total. The van der Waals surface area contributed by atoms with Gasteiger partial charge in [0.25, 0.3) is 11.5 Å². The Balaban J connectivity index is 1.87. The molecule has 0 bridgehead atoms. The second-order valence-corrected chi connectivity index (χ2v) is 5.59. The minimum atomic E-state index is -1.25. The Morgan fingerprint density at radius 1 is 1.17 bits per heavy atom. The number of rotatable bonds is 3. The number of pyridine rings is 1. The van der Waals surface area contributed by atoms with Crippen LogP contribution in [0.5, 0.6) is 0 Å². The van der Waals surface area contributed by atoms with E-state index in [1.807, 2.05) is 0 Å². The zero-order valence-electron chi connectivity index (χ0n) is 12.9. The molecule has 124 valence electrons. The molecule has 7 heteroatoms. The van der Waals surface area contributed by atoms with Crippen molar-refractivity contribution in [3.63, 3.8) is 0 Å². The first-order chi connectivity index (χ1) is 11.6. The highest BCUT2D eigenvalue weighted by atomic mass is 16.4. The van der Waals surface area contributed by atoms with Gasteiger partial charge in [0, 0.05) is 23.9 Å². The maximum atomic E-state index is 12.5. The normalized spacial score (nSPS) is 16.8. The summed E-state index contributed by atoms with van der Waals surface area (Å²) in [6, 6.07) is 9.42. The van der Waals surface area contributed by atoms with Gasteiger partial charge in [-0.25, -0.2) is 9.69 Å². The van der Waals surface area contributed by atoms with Crippen LogP contribution >= 0.6 is 0 Å². The lowest BCUT2D eigenvalue weighted by Crippen LogP contribution is -2.45. The van der Waals surface area contributed by atoms with Crippen LogP contribution in [0.1, 0.15) is 16.8 Å². The standard InChI is InChI=1S/C17H17N3O4/c21-15-14(2-1-8-19-15)11-3-5-12(6-4-11)16(22)20(17(23)24)13-7-9-18-10-13/h1-6,8,13,18H,7,9-10H2,(H,19,21)(H,23,24). The van der Waals surface area contributed by atoms with Gasteiger partial charge in [-0.15, -0.1) is 0 Å². The van der Waals surface area contributed by atoms with Crippen LogP contribution < -0.4 is 10.9 Å². The van der Waals surface area contributed by atoms with Crippen LogP contribution in [0.15, 0.2) is 47.4 Å². The summed E-state index contributed by atoms with van der Waals surface area (Å²) < 4.78 is 0. The second kappa shape index (κ2) is 6.67. The van der Waals surface area contributed by atoms with Crippen molar-refractivity contribution in [1.82, 2.24) is 15.2 Å². The third-order valence-electron chi connectivity index (χ3n) is 4.09. The van der Waals surface area contributed by atoms with Crippen molar-refractivity contribution in [2.24, 2.45) is 0 Å². The molecule has 1 fully saturated rings. The SMILES string of the molecule is O=C(O)N(C(=O)c1ccc(-c2ccc[nH]c2=O)cc1)C1CCNC1. The Morgan fingerprint density at radius 3 is 2.50 bits per heavy atom. The fourth-order valence-corrected chi connectivity index (χ4v) is 2.85. The molecule has 0 radical (unpaired) electrons. The predicted octanol–water partition coefficient (Wildman–Crippen LogP) is 1.52. The van der Waals surface area contributed by atoms with Crippen molar-refractivity contribution in [1.29, 1.82) is 0 Å². The van der Waals surface area contributed by atoms with Crippen LogP contribution in [-0.2, 0) is 0 Å². The van der Waals surface area contributed by atoms with Crippen molar-refractivity contribution in [3.05, 3.63) is 58.5 Å². The fourth-order valence-electron chi connectivity index (χ4n) is 2.85. The summed E-state index contributed by atoms with van der Waals surface area (Å²) >= 11 is 0. The zero-order valence-corrected chi connectivity index (χ0v) is 12.9. The number of carboxylic acid groups (broad SMARTS) is 1. The molecule has 1 aliphatic heterocycles. The number of carbonyl (C=O) groups is 2. The number of carbonyl (C=O) groups excluding carboxylic acids is 1. The molecule has 2 amide bonds. The van der Waals surface area contributed by atoms with Crippen molar-refractivity contribution in [3.8, 4) is 11.1 Å². The third kappa shape index (κ3) is 3.07. The van der Waals surface area contributed by atoms with Crippen molar-refractivity contribution >= 4 is 12.0 Å². The lowest BCUT2D eigenvalue weighted by molar-refractivity contribution is 0.0680. The highest BCUT2D eigenvalue weighted by molar-refractivity contribution is 6.03. The smallest absolute Gasteiger partial charge is 0.414 e. The third-order valence-corrected chi connectivity index (χ3v) is 4.09. The van der Waals surface area contributed by atoms with Crippen LogP contribution in [-0.4, -0.2) is 46.1 Å². The molecule has 0 aliphatic carbocycles. The molecule has 1 saturated heterocycles. The molecule has 1 aliphatic rings. The number of hydrogen-bond acceptors (Lipinski definition) is 4. The Kier molecular flexibility index (Phi) is 4.43. The van der Waals surface area contributed by atoms with Crippen LogP contribution in [0.2, 0.25) is 0 Å². The molecule has 2 heterocycles. The molecule has 2 aromatic rings. The zero-order chi connectivity index (χ0) is 17.1. The first-order valence-electron chi connectivity index (χ1n) is 7.63. The van der Waals surface area contributed by atoms with E-state index in [0.29, 0.717) is 30.6 Å². The van der Waals surface area contributed by atoms with Crippen LogP contribution in [0.4, 0.5) is 4.79 Å². The number of benzene rings is 1. The number of nitrogens with zero attached hydrogens (tertiary/aromatic N) is 1. The molecule has 3 rings (SSSR count). The number of aromatic amines is 1. The predicted molar refractivity (Wildman–Crippen MR) is 88.0 cm³/mol. The van der Waals surface area contributed by atoms with Crippen LogP contribution in [0.25, 0.3) is 11.1 Å². The summed E-state index contributed by atoms with van der Waals surface area (Å²) in [7, 11) is 0. The molecule has 1 atom stereocenters. The average Bonchev–Trinajstić information content (AvgIpc) is 3.09. The summed E-state index contributed by atoms with van der Waals surface area (Å²) in [5, 5.41) is 12.4. The first-order valence-corrected chi connectivity index (χ1v) is 7.63. The van der Waals surface area contributed by atoms with Crippen molar-refractivity contribution in [2.75, 3.05) is 13.1 Å². The molecule has 1 aromatic heterocycles. The molecular weight excluding hydrogens is 310 g/mol. The molecular formula is C17H17N3O4. The van der Waals surface area contributed by atoms with Crippen molar-refractivity contribution in [2.45, 2.75) is 12.5 Å². The number of nitrogens with one attached hydrogen (secondary N) is 2. The molecule has 0 spiro atoms. The molecule has 1 aromatic carbocycles. The van der Waals surface area contributed by atoms with Gasteiger partial charge in [0.05, 0.1) is 6.04 Å². The highest BCUT2D eigenvalue weighted by Gasteiger charge is 2.32. The maximum absolute atomic E-state index is 12.5. The molecule has 1 unspecified atom stereocenters. The summed E-state index contributed by atoms with van der Waals surface area (Å²) in [5.41, 5.74) is 1.21. The summed E-state index contributed by atoms with van der Waals surface area (Å²) in [6.07, 6.45) is 0.900. The Hall–Kier alpha value is -2.93. The summed E-state index contributed by atoms with van der Waals surface area (Å²) in [4.78, 5) is 39.3. The van der Waals surface area contributed by atoms with Gasteiger partial charge in [0.15, 0.2) is 0 Å². The van der Waals surface area contributed by atoms with E-state index in [2.05, 4.69) is 10.3 Å². The minimum Gasteiger partial charge on any atom is -0.465 e. The lowest BCUT2D eigenvalue weighted by atomic mass is 10.0. The lowest BCUT2D eigenvalue weighted by Gasteiger charge is -2.23. The van der Waals surface area contributed by atoms with Gasteiger partial charge in [-0.1, -0.05) is 12.1 Å². The quantitative estimate of drug-likeness (QED) is 0.793. The minimum absolute atomic E-state index is 0.222. The maximum Gasteiger partial charge on any atom is 0.414 e. The second-order valence-electron chi connectivity index (χ2n) is 5.59. The van der Waals surface area contributed by atoms with Gasteiger partial charge in [0.1, 0.15) is 0 Å². The number of H-pyrrole nitrogens is 1. The van der Waals surface area contributed by atoms with Gasteiger partial charge in [-0.3, -0.25) is 9.59 Å². The van der Waals surface area contributed by atoms with E-state index in [9.17, 15) is 19.5 Å². The van der Waals surface area contributed by atoms with Crippen molar-refractivity contribution < 1.29 is 14.7 Å². The molecule has 0 saturated carbocycles. The Bertz CT molecular complexity index is 807. The number of hydrogen-bond donors (Lipinski definition) is 3. The first kappa shape index (κ1) is 15.9. The topological polar surface area (TPSA) is 102 Å². The van der Waals surface area contributed by atoms with Crippen LogP contribution in [0, 0.1) is 0 Å². The molecule has 24 heavy (non-hydrogen) atoms. The van der Waals surface area contributed by atoms with E-state index >= 15 is 0 Å². The van der Waals surface area contributed by atoms with E-state index in [0.717, 1.165) is 4.90 Å². The average molecular weight is 327 g/mol. The van der Waals surface area contributed by atoms with Gasteiger partial charge < -0.3 is 15.4 Å². The van der Waals surface area contributed by atoms with Crippen LogP contribution in [0.3, 0.4) is 0 Å². The van der Waals surface area contributed by atoms with Gasteiger partial charge in [0.2, 0.25) is 0 Å². The summed E-state index contributed by atoms with van der Waals surface area (Å²) in [5.74, 6) is -0.551.